The molecule has 7 heteroatoms. The molecular formula is C15H17NO6. The molecule has 118 valence electrons. The first-order chi connectivity index (χ1) is 10.7. The average molecular weight is 307 g/mol. The highest BCUT2D eigenvalue weighted by atomic mass is 16.7. The Bertz CT molecular complexity index is 612. The van der Waals surface area contributed by atoms with E-state index in [-0.39, 0.29) is 12.9 Å². The lowest BCUT2D eigenvalue weighted by atomic mass is 10.0. The Morgan fingerprint density at radius 2 is 2.27 bits per heavy atom. The van der Waals surface area contributed by atoms with Crippen LogP contribution in [0.2, 0.25) is 0 Å². The van der Waals surface area contributed by atoms with E-state index in [9.17, 15) is 4.79 Å². The Labute approximate surface area is 127 Å². The second kappa shape index (κ2) is 6.13. The molecule has 1 atom stereocenters. The number of nitrogens with zero attached hydrogens (tertiary/aromatic N) is 1. The van der Waals surface area contributed by atoms with E-state index in [2.05, 4.69) is 5.16 Å². The van der Waals surface area contributed by atoms with Crippen molar-refractivity contribution in [3.63, 3.8) is 0 Å². The third-order valence-corrected chi connectivity index (χ3v) is 3.43. The van der Waals surface area contributed by atoms with Gasteiger partial charge in [0.1, 0.15) is 6.10 Å². The number of hydrogen-bond donors (Lipinski definition) is 0. The van der Waals surface area contributed by atoms with E-state index in [1.54, 1.807) is 14.0 Å². The summed E-state index contributed by atoms with van der Waals surface area (Å²) < 4.78 is 21.0. The monoisotopic (exact) mass is 307 g/mol. The molecule has 2 aliphatic rings. The van der Waals surface area contributed by atoms with Gasteiger partial charge in [0, 0.05) is 12.8 Å². The van der Waals surface area contributed by atoms with Crippen LogP contribution in [-0.4, -0.2) is 38.3 Å². The molecule has 7 nitrogen and oxygen atoms in total. The van der Waals surface area contributed by atoms with Gasteiger partial charge in [0.15, 0.2) is 17.2 Å². The van der Waals surface area contributed by atoms with Crippen LogP contribution in [0.15, 0.2) is 17.3 Å². The molecule has 1 aromatic carbocycles. The summed E-state index contributed by atoms with van der Waals surface area (Å²) in [5.41, 5.74) is 1.28. The van der Waals surface area contributed by atoms with Crippen LogP contribution in [0.3, 0.4) is 0 Å². The SMILES string of the molecule is CCOC(=O)C1=NOC(Cc2cc(OC)c3c(c2)OCO3)C1. The Kier molecular flexibility index (Phi) is 4.04. The van der Waals surface area contributed by atoms with Crippen molar-refractivity contribution in [3.05, 3.63) is 17.7 Å². The second-order valence-electron chi connectivity index (χ2n) is 4.93. The highest BCUT2D eigenvalue weighted by Crippen LogP contribution is 2.42. The van der Waals surface area contributed by atoms with Crippen LogP contribution in [-0.2, 0) is 20.8 Å². The van der Waals surface area contributed by atoms with Crippen LogP contribution in [0.5, 0.6) is 17.2 Å². The van der Waals surface area contributed by atoms with Crippen molar-refractivity contribution in [1.82, 2.24) is 0 Å². The van der Waals surface area contributed by atoms with Gasteiger partial charge in [0.25, 0.3) is 0 Å². The molecule has 0 saturated heterocycles. The maximum absolute atomic E-state index is 11.6. The number of methoxy groups -OCH3 is 1. The molecule has 0 saturated carbocycles. The number of rotatable bonds is 5. The number of oxime groups is 1. The lowest BCUT2D eigenvalue weighted by molar-refractivity contribution is -0.135. The molecule has 0 radical (unpaired) electrons. The minimum atomic E-state index is -0.423. The zero-order valence-corrected chi connectivity index (χ0v) is 12.5. The Hall–Kier alpha value is -2.44. The number of ether oxygens (including phenoxy) is 4. The van der Waals surface area contributed by atoms with Gasteiger partial charge in [-0.25, -0.2) is 4.79 Å². The summed E-state index contributed by atoms with van der Waals surface area (Å²) in [6.45, 7) is 2.26. The van der Waals surface area contributed by atoms with Gasteiger partial charge in [-0.3, -0.25) is 0 Å². The van der Waals surface area contributed by atoms with E-state index >= 15 is 0 Å². The fraction of sp³-hybridized carbons (Fsp3) is 0.467. The zero-order chi connectivity index (χ0) is 15.5. The standard InChI is InChI=1S/C15H17NO6/c1-3-19-15(17)11-7-10(22-16-11)4-9-5-12(18-2)14-13(6-9)20-8-21-14/h5-6,10H,3-4,7-8H2,1-2H3. The molecular weight excluding hydrogens is 290 g/mol. The summed E-state index contributed by atoms with van der Waals surface area (Å²) in [6.07, 6.45) is 0.805. The Balaban J connectivity index is 1.67. The van der Waals surface area contributed by atoms with E-state index in [1.807, 2.05) is 12.1 Å². The number of carbonyl (C=O) groups excluding carboxylic acids is 1. The first-order valence-corrected chi connectivity index (χ1v) is 7.07. The number of fused-ring (bicyclic) bond motifs is 1. The molecule has 1 unspecified atom stereocenters. The summed E-state index contributed by atoms with van der Waals surface area (Å²) in [7, 11) is 1.58. The molecule has 0 aromatic heterocycles. The van der Waals surface area contributed by atoms with Gasteiger partial charge in [-0.1, -0.05) is 5.16 Å². The highest BCUT2D eigenvalue weighted by Gasteiger charge is 2.28. The predicted octanol–water partition coefficient (Wildman–Crippen LogP) is 1.67. The first-order valence-electron chi connectivity index (χ1n) is 7.07. The molecule has 2 aliphatic heterocycles. The van der Waals surface area contributed by atoms with Gasteiger partial charge >= 0.3 is 5.97 Å². The summed E-state index contributed by atoms with van der Waals surface area (Å²) >= 11 is 0. The largest absolute Gasteiger partial charge is 0.493 e. The topological polar surface area (TPSA) is 75.6 Å². The second-order valence-corrected chi connectivity index (χ2v) is 4.93. The molecule has 1 aromatic rings. The van der Waals surface area contributed by atoms with Gasteiger partial charge < -0.3 is 23.8 Å². The zero-order valence-electron chi connectivity index (χ0n) is 12.5. The fourth-order valence-electron chi connectivity index (χ4n) is 2.44. The van der Waals surface area contributed by atoms with Crippen molar-refractivity contribution in [3.8, 4) is 17.2 Å². The number of benzene rings is 1. The molecule has 0 N–H and O–H groups in total. The van der Waals surface area contributed by atoms with Crippen LogP contribution in [0.4, 0.5) is 0 Å². The van der Waals surface area contributed by atoms with Crippen molar-refractivity contribution in [2.75, 3.05) is 20.5 Å². The Morgan fingerprint density at radius 1 is 1.41 bits per heavy atom. The van der Waals surface area contributed by atoms with Gasteiger partial charge in [-0.05, 0) is 24.6 Å². The first kappa shape index (κ1) is 14.5. The summed E-state index contributed by atoms with van der Waals surface area (Å²) in [6, 6.07) is 3.76. The normalized spacial score (nSPS) is 18.6. The maximum atomic E-state index is 11.6. The average Bonchev–Trinajstić information content (AvgIpc) is 3.15. The van der Waals surface area contributed by atoms with E-state index in [0.717, 1.165) is 5.56 Å². The third kappa shape index (κ3) is 2.79. The van der Waals surface area contributed by atoms with Gasteiger partial charge in [-0.2, -0.15) is 0 Å². The molecule has 3 rings (SSSR count). The van der Waals surface area contributed by atoms with Crippen LogP contribution < -0.4 is 14.2 Å². The van der Waals surface area contributed by atoms with Crippen molar-refractivity contribution >= 4 is 11.7 Å². The third-order valence-electron chi connectivity index (χ3n) is 3.43. The summed E-state index contributed by atoms with van der Waals surface area (Å²) in [5.74, 6) is 1.46. The molecule has 0 amide bonds. The molecule has 0 fully saturated rings. The predicted molar refractivity (Wildman–Crippen MR) is 76.4 cm³/mol. The maximum Gasteiger partial charge on any atom is 0.356 e. The summed E-state index contributed by atoms with van der Waals surface area (Å²) in [5, 5.41) is 3.80. The number of carbonyl (C=O) groups is 1. The van der Waals surface area contributed by atoms with E-state index in [1.165, 1.54) is 0 Å². The molecule has 0 aliphatic carbocycles. The van der Waals surface area contributed by atoms with Crippen LogP contribution >= 0.6 is 0 Å². The Morgan fingerprint density at radius 3 is 3.05 bits per heavy atom. The molecule has 0 bridgehead atoms. The van der Waals surface area contributed by atoms with Crippen molar-refractivity contribution < 1.29 is 28.6 Å². The summed E-state index contributed by atoms with van der Waals surface area (Å²) in [4.78, 5) is 16.9. The van der Waals surface area contributed by atoms with E-state index in [0.29, 0.717) is 42.4 Å². The lowest BCUT2D eigenvalue weighted by Crippen LogP contribution is -2.19. The number of hydrogen-bond acceptors (Lipinski definition) is 7. The van der Waals surface area contributed by atoms with Crippen molar-refractivity contribution in [2.45, 2.75) is 25.9 Å². The fourth-order valence-corrected chi connectivity index (χ4v) is 2.44. The van der Waals surface area contributed by atoms with E-state index in [4.69, 9.17) is 23.8 Å². The van der Waals surface area contributed by atoms with Gasteiger partial charge in [0.05, 0.1) is 13.7 Å². The molecule has 22 heavy (non-hydrogen) atoms. The van der Waals surface area contributed by atoms with Crippen LogP contribution in [0.1, 0.15) is 18.9 Å². The quantitative estimate of drug-likeness (QED) is 0.770. The van der Waals surface area contributed by atoms with Gasteiger partial charge in [-0.15, -0.1) is 0 Å². The van der Waals surface area contributed by atoms with Crippen LogP contribution in [0.25, 0.3) is 0 Å². The van der Waals surface area contributed by atoms with Crippen molar-refractivity contribution in [2.24, 2.45) is 5.16 Å². The molecule has 0 spiro atoms. The van der Waals surface area contributed by atoms with Crippen molar-refractivity contribution in [1.29, 1.82) is 0 Å². The van der Waals surface area contributed by atoms with Gasteiger partial charge in [0.2, 0.25) is 12.5 Å². The van der Waals surface area contributed by atoms with Crippen LogP contribution in [0, 0.1) is 0 Å². The number of esters is 1. The highest BCUT2D eigenvalue weighted by molar-refractivity contribution is 6.36. The van der Waals surface area contributed by atoms with E-state index < -0.39 is 5.97 Å². The smallest absolute Gasteiger partial charge is 0.356 e. The minimum absolute atomic E-state index is 0.186. The minimum Gasteiger partial charge on any atom is -0.493 e. The molecule has 2 heterocycles. The lowest BCUT2D eigenvalue weighted by Gasteiger charge is -2.11.